The minimum atomic E-state index is -0.935. The van der Waals surface area contributed by atoms with E-state index in [2.05, 4.69) is 10.3 Å². The van der Waals surface area contributed by atoms with Gasteiger partial charge in [-0.3, -0.25) is 4.79 Å². The third-order valence-electron chi connectivity index (χ3n) is 3.90. The summed E-state index contributed by atoms with van der Waals surface area (Å²) in [4.78, 5) is 30.4. The van der Waals surface area contributed by atoms with E-state index in [4.69, 9.17) is 16.7 Å². The minimum absolute atomic E-state index is 0.172. The number of piperazine rings is 1. The van der Waals surface area contributed by atoms with Crippen molar-refractivity contribution in [3.8, 4) is 0 Å². The third-order valence-corrected chi connectivity index (χ3v) is 4.18. The molecule has 1 unspecified atom stereocenters. The number of nitrogens with zero attached hydrogens (tertiary/aromatic N) is 3. The number of pyridine rings is 1. The smallest absolute Gasteiger partial charge is 0.407 e. The van der Waals surface area contributed by atoms with E-state index in [9.17, 15) is 14.7 Å². The van der Waals surface area contributed by atoms with Crippen LogP contribution in [0.25, 0.3) is 0 Å². The lowest BCUT2D eigenvalue weighted by Crippen LogP contribution is -2.48. The number of rotatable bonds is 5. The maximum atomic E-state index is 12.0. The largest absolute Gasteiger partial charge is 0.465 e. The molecule has 0 spiro atoms. The Balaban J connectivity index is 2.00. The Hall–Kier alpha value is -2.06. The summed E-state index contributed by atoms with van der Waals surface area (Å²) in [5.41, 5.74) is 0.316. The molecule has 0 aromatic carbocycles. The molecule has 0 saturated carbocycles. The topological polar surface area (TPSA) is 106 Å². The van der Waals surface area contributed by atoms with Gasteiger partial charge in [0.15, 0.2) is 0 Å². The van der Waals surface area contributed by atoms with Crippen LogP contribution in [0, 0.1) is 0 Å². The van der Waals surface area contributed by atoms with Crippen LogP contribution in [-0.2, 0) is 0 Å². The van der Waals surface area contributed by atoms with Crippen LogP contribution in [0.4, 0.5) is 10.6 Å². The van der Waals surface area contributed by atoms with Crippen molar-refractivity contribution >= 4 is 29.4 Å². The van der Waals surface area contributed by atoms with Gasteiger partial charge in [0.2, 0.25) is 0 Å². The number of hydrogen-bond donors (Lipinski definition) is 3. The maximum Gasteiger partial charge on any atom is 0.407 e. The van der Waals surface area contributed by atoms with Crippen molar-refractivity contribution in [2.45, 2.75) is 19.4 Å². The molecule has 1 saturated heterocycles. The molecule has 2 rings (SSSR count). The second-order valence-electron chi connectivity index (χ2n) is 5.56. The number of aliphatic hydroxyl groups is 1. The predicted octanol–water partition coefficient (Wildman–Crippen LogP) is 1.04. The number of carbonyl (C=O) groups excluding carboxylic acids is 1. The van der Waals surface area contributed by atoms with Gasteiger partial charge < -0.3 is 25.3 Å². The lowest BCUT2D eigenvalue weighted by atomic mass is 10.2. The Morgan fingerprint density at radius 3 is 2.58 bits per heavy atom. The SMILES string of the molecule is CCC(O)CNC(=O)c1cnc(N2CCN(C(=O)O)CC2)c(Cl)c1. The Labute approximate surface area is 145 Å². The number of aromatic nitrogens is 1. The summed E-state index contributed by atoms with van der Waals surface area (Å²) in [5, 5.41) is 21.4. The fourth-order valence-corrected chi connectivity index (χ4v) is 2.64. The second-order valence-corrected chi connectivity index (χ2v) is 5.97. The summed E-state index contributed by atoms with van der Waals surface area (Å²) in [7, 11) is 0. The highest BCUT2D eigenvalue weighted by Crippen LogP contribution is 2.25. The highest BCUT2D eigenvalue weighted by Gasteiger charge is 2.23. The first-order valence-corrected chi connectivity index (χ1v) is 8.14. The maximum absolute atomic E-state index is 12.0. The number of aliphatic hydroxyl groups excluding tert-OH is 1. The average molecular weight is 357 g/mol. The van der Waals surface area contributed by atoms with Gasteiger partial charge in [0.1, 0.15) is 5.82 Å². The van der Waals surface area contributed by atoms with E-state index in [1.54, 1.807) is 0 Å². The van der Waals surface area contributed by atoms with Crippen molar-refractivity contribution in [1.82, 2.24) is 15.2 Å². The van der Waals surface area contributed by atoms with E-state index >= 15 is 0 Å². The first-order valence-electron chi connectivity index (χ1n) is 7.77. The fraction of sp³-hybridized carbons (Fsp3) is 0.533. The zero-order valence-corrected chi connectivity index (χ0v) is 14.2. The van der Waals surface area contributed by atoms with Crippen LogP contribution in [0.1, 0.15) is 23.7 Å². The number of carboxylic acid groups (broad SMARTS) is 1. The monoisotopic (exact) mass is 356 g/mol. The van der Waals surface area contributed by atoms with E-state index in [1.165, 1.54) is 17.2 Å². The molecule has 0 bridgehead atoms. The summed E-state index contributed by atoms with van der Waals surface area (Å²) < 4.78 is 0. The minimum Gasteiger partial charge on any atom is -0.465 e. The Kier molecular flexibility index (Phi) is 6.22. The Morgan fingerprint density at radius 2 is 2.04 bits per heavy atom. The number of halogens is 1. The molecule has 8 nitrogen and oxygen atoms in total. The highest BCUT2D eigenvalue weighted by atomic mass is 35.5. The molecule has 2 heterocycles. The zero-order valence-electron chi connectivity index (χ0n) is 13.4. The number of carbonyl (C=O) groups is 2. The van der Waals surface area contributed by atoms with Gasteiger partial charge in [0, 0.05) is 38.9 Å². The van der Waals surface area contributed by atoms with Crippen LogP contribution in [0.2, 0.25) is 5.02 Å². The van der Waals surface area contributed by atoms with Gasteiger partial charge >= 0.3 is 6.09 Å². The first-order chi connectivity index (χ1) is 11.4. The number of anilines is 1. The molecule has 24 heavy (non-hydrogen) atoms. The molecule has 1 fully saturated rings. The fourth-order valence-electron chi connectivity index (χ4n) is 2.35. The standard InChI is InChI=1S/C15H21ClN4O4/c1-2-11(21)9-18-14(22)10-7-12(16)13(17-8-10)19-3-5-20(6-4-19)15(23)24/h7-8,11,21H,2-6,9H2,1H3,(H,18,22)(H,23,24). The molecule has 1 aliphatic heterocycles. The van der Waals surface area contributed by atoms with Crippen LogP contribution in [0.5, 0.6) is 0 Å². The molecule has 1 aliphatic rings. The Morgan fingerprint density at radius 1 is 1.38 bits per heavy atom. The molecule has 9 heteroatoms. The summed E-state index contributed by atoms with van der Waals surface area (Å²) in [5.74, 6) is 0.186. The van der Waals surface area contributed by atoms with Gasteiger partial charge in [-0.2, -0.15) is 0 Å². The van der Waals surface area contributed by atoms with Crippen molar-refractivity contribution in [3.05, 3.63) is 22.8 Å². The summed E-state index contributed by atoms with van der Waals surface area (Å²) in [6.45, 7) is 3.75. The van der Waals surface area contributed by atoms with Crippen molar-refractivity contribution in [2.75, 3.05) is 37.6 Å². The van der Waals surface area contributed by atoms with Gasteiger partial charge in [-0.1, -0.05) is 18.5 Å². The molecule has 132 valence electrons. The molecule has 1 aromatic heterocycles. The molecule has 0 radical (unpaired) electrons. The predicted molar refractivity (Wildman–Crippen MR) is 89.7 cm³/mol. The van der Waals surface area contributed by atoms with Crippen LogP contribution < -0.4 is 10.2 Å². The second kappa shape index (κ2) is 8.16. The van der Waals surface area contributed by atoms with E-state index in [-0.39, 0.29) is 12.5 Å². The lowest BCUT2D eigenvalue weighted by Gasteiger charge is -2.34. The zero-order chi connectivity index (χ0) is 17.7. The molecule has 0 aliphatic carbocycles. The van der Waals surface area contributed by atoms with Crippen LogP contribution in [0.15, 0.2) is 12.3 Å². The third kappa shape index (κ3) is 4.48. The molecule has 1 atom stereocenters. The van der Waals surface area contributed by atoms with E-state index in [1.807, 2.05) is 11.8 Å². The van der Waals surface area contributed by atoms with Crippen LogP contribution in [0.3, 0.4) is 0 Å². The number of nitrogens with one attached hydrogen (secondary N) is 1. The molecular weight excluding hydrogens is 336 g/mol. The van der Waals surface area contributed by atoms with Crippen molar-refractivity contribution in [3.63, 3.8) is 0 Å². The van der Waals surface area contributed by atoms with Crippen LogP contribution >= 0.6 is 11.6 Å². The number of hydrogen-bond acceptors (Lipinski definition) is 5. The van der Waals surface area contributed by atoms with Gasteiger partial charge in [0.05, 0.1) is 16.7 Å². The lowest BCUT2D eigenvalue weighted by molar-refractivity contribution is 0.0913. The van der Waals surface area contributed by atoms with Crippen molar-refractivity contribution < 1.29 is 19.8 Å². The summed E-state index contributed by atoms with van der Waals surface area (Å²) >= 11 is 6.23. The van der Waals surface area contributed by atoms with Crippen LogP contribution in [-0.4, -0.2) is 70.9 Å². The Bertz CT molecular complexity index is 605. The summed E-state index contributed by atoms with van der Waals surface area (Å²) in [6, 6.07) is 1.53. The normalized spacial score (nSPS) is 16.0. The van der Waals surface area contributed by atoms with Crippen molar-refractivity contribution in [2.24, 2.45) is 0 Å². The average Bonchev–Trinajstić information content (AvgIpc) is 2.59. The summed E-state index contributed by atoms with van der Waals surface area (Å²) in [6.07, 6.45) is 0.469. The van der Waals surface area contributed by atoms with E-state index < -0.39 is 12.2 Å². The molecular formula is C15H21ClN4O4. The number of amides is 2. The highest BCUT2D eigenvalue weighted by molar-refractivity contribution is 6.33. The van der Waals surface area contributed by atoms with Crippen molar-refractivity contribution in [1.29, 1.82) is 0 Å². The molecule has 1 aromatic rings. The first kappa shape index (κ1) is 18.3. The quantitative estimate of drug-likeness (QED) is 0.727. The molecule has 3 N–H and O–H groups in total. The van der Waals surface area contributed by atoms with Gasteiger partial charge in [-0.05, 0) is 12.5 Å². The van der Waals surface area contributed by atoms with E-state index in [0.717, 1.165) is 0 Å². The van der Waals surface area contributed by atoms with Gasteiger partial charge in [0.25, 0.3) is 5.91 Å². The van der Waals surface area contributed by atoms with Gasteiger partial charge in [-0.25, -0.2) is 9.78 Å². The van der Waals surface area contributed by atoms with Gasteiger partial charge in [-0.15, -0.1) is 0 Å². The van der Waals surface area contributed by atoms with E-state index in [0.29, 0.717) is 49.0 Å². The molecule has 2 amide bonds.